The number of ether oxygens (including phenoxy) is 1. The molecular formula is C54H42BN5O. The van der Waals surface area contributed by atoms with Gasteiger partial charge in [0.1, 0.15) is 17.3 Å². The first kappa shape index (κ1) is 36.4. The quantitative estimate of drug-likeness (QED) is 0.151. The lowest BCUT2D eigenvalue weighted by atomic mass is 9.46. The summed E-state index contributed by atoms with van der Waals surface area (Å²) < 4.78 is 11.2. The molecule has 0 fully saturated rings. The number of pyridine rings is 1. The topological polar surface area (TPSA) is 48.1 Å². The minimum absolute atomic E-state index is 0.0110. The number of rotatable bonds is 7. The van der Waals surface area contributed by atoms with Gasteiger partial charge in [0.05, 0.1) is 34.3 Å². The summed E-state index contributed by atoms with van der Waals surface area (Å²) >= 11 is 0. The van der Waals surface area contributed by atoms with Crippen molar-refractivity contribution in [3.05, 3.63) is 212 Å². The molecule has 61 heavy (non-hydrogen) atoms. The summed E-state index contributed by atoms with van der Waals surface area (Å²) in [6.45, 7) is 6.51. The standard InChI is InChI=1S/C54H42BN5O/c1-54(2,3)39-29-30-56-51(32-39)60-48-26-11-10-23-46(48)47-28-27-43(35-49(47)60)61-42-22-14-21-40(33-42)58-36-57-53-50(58)34-41-20-12-13-31-59(41)55(53)52-44(37-16-6-4-7-17-37)24-15-25-45(52)38-18-8-5-9-19-38/h4-36H,1-3H3. The summed E-state index contributed by atoms with van der Waals surface area (Å²) in [5, 5.41) is 2.33. The fourth-order valence-electron chi connectivity index (χ4n) is 9.01. The van der Waals surface area contributed by atoms with Gasteiger partial charge in [0.25, 0.3) is 0 Å². The molecule has 9 aromatic rings. The third-order valence-electron chi connectivity index (χ3n) is 11.9. The number of hydrogen-bond donors (Lipinski definition) is 0. The molecule has 3 aromatic heterocycles. The Labute approximate surface area is 356 Å². The predicted molar refractivity (Wildman–Crippen MR) is 251 cm³/mol. The van der Waals surface area contributed by atoms with E-state index in [0.29, 0.717) is 0 Å². The zero-order chi connectivity index (χ0) is 41.1. The maximum absolute atomic E-state index is 6.73. The van der Waals surface area contributed by atoms with Crippen LogP contribution in [0.2, 0.25) is 0 Å². The van der Waals surface area contributed by atoms with Gasteiger partial charge in [0, 0.05) is 34.8 Å². The second kappa shape index (κ2) is 14.6. The summed E-state index contributed by atoms with van der Waals surface area (Å²) in [5.74, 6) is 2.37. The van der Waals surface area contributed by atoms with Crippen molar-refractivity contribution in [3.8, 4) is 45.3 Å². The molecule has 0 bridgehead atoms. The maximum Gasteiger partial charge on any atom is 0.351 e. The first-order valence-electron chi connectivity index (χ1n) is 20.8. The third kappa shape index (κ3) is 6.37. The smallest absolute Gasteiger partial charge is 0.351 e. The van der Waals surface area contributed by atoms with Gasteiger partial charge in [-0.2, -0.15) is 0 Å². The summed E-state index contributed by atoms with van der Waals surface area (Å²) in [4.78, 5) is 12.5. The lowest BCUT2D eigenvalue weighted by Gasteiger charge is -2.35. The largest absolute Gasteiger partial charge is 0.457 e. The minimum atomic E-state index is -0.194. The Morgan fingerprint density at radius 3 is 2.08 bits per heavy atom. The van der Waals surface area contributed by atoms with Gasteiger partial charge in [-0.3, -0.25) is 9.13 Å². The monoisotopic (exact) mass is 787 g/mol. The van der Waals surface area contributed by atoms with Crippen LogP contribution in [0.4, 0.5) is 0 Å². The van der Waals surface area contributed by atoms with E-state index >= 15 is 0 Å². The molecule has 0 aliphatic carbocycles. The van der Waals surface area contributed by atoms with Gasteiger partial charge in [-0.1, -0.05) is 130 Å². The van der Waals surface area contributed by atoms with Crippen LogP contribution in [-0.2, 0) is 5.41 Å². The number of hydrogen-bond acceptors (Lipinski definition) is 4. The SMILES string of the molecule is CC(C)(C)c1ccnc(-n2c3ccccc3c3ccc(Oc4cccc(-n5cnc6c5C=C5C=CC=CN5B6c5c(-c6ccccc6)cccc5-c5ccccc5)c4)cc32)c1. The molecule has 0 unspecified atom stereocenters. The van der Waals surface area contributed by atoms with E-state index in [0.717, 1.165) is 56.4 Å². The fourth-order valence-corrected chi connectivity index (χ4v) is 9.01. The van der Waals surface area contributed by atoms with E-state index in [2.05, 4.69) is 217 Å². The van der Waals surface area contributed by atoms with Crippen molar-refractivity contribution >= 4 is 45.8 Å². The van der Waals surface area contributed by atoms with Crippen molar-refractivity contribution in [2.24, 2.45) is 0 Å². The lowest BCUT2D eigenvalue weighted by Crippen LogP contribution is -2.58. The molecular weight excluding hydrogens is 745 g/mol. The highest BCUT2D eigenvalue weighted by Gasteiger charge is 2.40. The number of benzene rings is 6. The predicted octanol–water partition coefficient (Wildman–Crippen LogP) is 11.6. The number of imidazole rings is 1. The van der Waals surface area contributed by atoms with Crippen molar-refractivity contribution in [1.82, 2.24) is 23.9 Å². The zero-order valence-corrected chi connectivity index (χ0v) is 34.3. The number of para-hydroxylation sites is 1. The average molecular weight is 788 g/mol. The van der Waals surface area contributed by atoms with E-state index in [1.807, 2.05) is 18.6 Å². The second-order valence-electron chi connectivity index (χ2n) is 16.7. The fraction of sp³-hybridized carbons (Fsp3) is 0.0741. The molecule has 0 N–H and O–H groups in total. The van der Waals surface area contributed by atoms with Crippen molar-refractivity contribution in [3.63, 3.8) is 0 Å². The summed E-state index contributed by atoms with van der Waals surface area (Å²) in [5.41, 5.74) is 13.4. The number of fused-ring (bicyclic) bond motifs is 5. The van der Waals surface area contributed by atoms with Crippen LogP contribution in [0.1, 0.15) is 32.0 Å². The molecule has 2 aliphatic heterocycles. The molecule has 0 radical (unpaired) electrons. The lowest BCUT2D eigenvalue weighted by molar-refractivity contribution is 0.483. The number of aromatic nitrogens is 4. The van der Waals surface area contributed by atoms with E-state index in [9.17, 15) is 0 Å². The van der Waals surface area contributed by atoms with Gasteiger partial charge in [-0.15, -0.1) is 0 Å². The van der Waals surface area contributed by atoms with Crippen LogP contribution in [0.25, 0.3) is 61.6 Å². The van der Waals surface area contributed by atoms with Crippen LogP contribution < -0.4 is 15.8 Å². The van der Waals surface area contributed by atoms with Crippen LogP contribution in [0.5, 0.6) is 11.5 Å². The Morgan fingerprint density at radius 1 is 0.607 bits per heavy atom. The summed E-state index contributed by atoms with van der Waals surface area (Å²) in [6.07, 6.45) is 14.7. The van der Waals surface area contributed by atoms with Gasteiger partial charge in [0.2, 0.25) is 0 Å². The van der Waals surface area contributed by atoms with Crippen LogP contribution in [0.3, 0.4) is 0 Å². The van der Waals surface area contributed by atoms with Crippen molar-refractivity contribution < 1.29 is 4.74 Å². The highest BCUT2D eigenvalue weighted by molar-refractivity contribution is 6.86. The Bertz CT molecular complexity index is 3170. The molecule has 2 aliphatic rings. The van der Waals surface area contributed by atoms with Gasteiger partial charge in [-0.25, -0.2) is 9.97 Å². The van der Waals surface area contributed by atoms with Crippen LogP contribution >= 0.6 is 0 Å². The molecule has 292 valence electrons. The highest BCUT2D eigenvalue weighted by Crippen LogP contribution is 2.37. The summed E-state index contributed by atoms with van der Waals surface area (Å²) in [6, 6.07) is 55.5. The minimum Gasteiger partial charge on any atom is -0.457 e. The first-order chi connectivity index (χ1) is 29.9. The van der Waals surface area contributed by atoms with Crippen LogP contribution in [0, 0.1) is 0 Å². The molecule has 7 heteroatoms. The zero-order valence-electron chi connectivity index (χ0n) is 34.3. The average Bonchev–Trinajstić information content (AvgIpc) is 3.87. The van der Waals surface area contributed by atoms with E-state index in [1.54, 1.807) is 0 Å². The number of nitrogens with zero attached hydrogens (tertiary/aromatic N) is 5. The summed E-state index contributed by atoms with van der Waals surface area (Å²) in [7, 11) is 0. The second-order valence-corrected chi connectivity index (χ2v) is 16.7. The Morgan fingerprint density at radius 2 is 1.31 bits per heavy atom. The van der Waals surface area contributed by atoms with E-state index < -0.39 is 0 Å². The van der Waals surface area contributed by atoms with E-state index in [-0.39, 0.29) is 12.3 Å². The van der Waals surface area contributed by atoms with Crippen LogP contribution in [0.15, 0.2) is 200 Å². The van der Waals surface area contributed by atoms with Gasteiger partial charge in [0.15, 0.2) is 0 Å². The van der Waals surface area contributed by atoms with Crippen molar-refractivity contribution in [1.29, 1.82) is 0 Å². The molecule has 0 amide bonds. The molecule has 11 rings (SSSR count). The molecule has 0 saturated carbocycles. The molecule has 0 atom stereocenters. The molecule has 6 nitrogen and oxygen atoms in total. The first-order valence-corrected chi connectivity index (χ1v) is 20.8. The van der Waals surface area contributed by atoms with Crippen molar-refractivity contribution in [2.45, 2.75) is 26.2 Å². The van der Waals surface area contributed by atoms with Gasteiger partial charge >= 0.3 is 6.85 Å². The van der Waals surface area contributed by atoms with Crippen molar-refractivity contribution in [2.75, 3.05) is 0 Å². The number of allylic oxidation sites excluding steroid dienone is 3. The van der Waals surface area contributed by atoms with E-state index in [1.165, 1.54) is 38.7 Å². The van der Waals surface area contributed by atoms with Gasteiger partial charge < -0.3 is 9.55 Å². The van der Waals surface area contributed by atoms with Gasteiger partial charge in [-0.05, 0) is 106 Å². The third-order valence-corrected chi connectivity index (χ3v) is 11.9. The molecule has 6 aromatic carbocycles. The molecule has 0 saturated heterocycles. The van der Waals surface area contributed by atoms with Crippen LogP contribution in [-0.4, -0.2) is 30.8 Å². The Kier molecular flexibility index (Phi) is 8.71. The van der Waals surface area contributed by atoms with E-state index in [4.69, 9.17) is 14.7 Å². The maximum atomic E-state index is 6.73. The Balaban J connectivity index is 1.01. The Hall–Kier alpha value is -7.64. The molecule has 0 spiro atoms. The normalized spacial score (nSPS) is 13.4. The highest BCUT2D eigenvalue weighted by atomic mass is 16.5. The molecule has 5 heterocycles.